The van der Waals surface area contributed by atoms with Gasteiger partial charge in [0, 0.05) is 24.2 Å². The Balaban J connectivity index is 2.40. The zero-order valence-electron chi connectivity index (χ0n) is 7.46. The van der Waals surface area contributed by atoms with Crippen LogP contribution in [-0.4, -0.2) is 26.7 Å². The predicted molar refractivity (Wildman–Crippen MR) is 59.0 cm³/mol. The van der Waals surface area contributed by atoms with Crippen molar-refractivity contribution in [3.8, 4) is 0 Å². The summed E-state index contributed by atoms with van der Waals surface area (Å²) in [4.78, 5) is 11.4. The van der Waals surface area contributed by atoms with E-state index in [1.54, 1.807) is 24.1 Å². The van der Waals surface area contributed by atoms with Gasteiger partial charge in [-0.1, -0.05) is 22.6 Å². The Morgan fingerprint density at radius 3 is 3.08 bits per heavy atom. The van der Waals surface area contributed by atoms with E-state index in [2.05, 4.69) is 33.0 Å². The van der Waals surface area contributed by atoms with Crippen molar-refractivity contribution in [2.75, 3.05) is 11.0 Å². The first-order valence-electron chi connectivity index (χ1n) is 4.07. The highest BCUT2D eigenvalue weighted by atomic mass is 127. The molecule has 5 heteroatoms. The molecule has 1 aromatic rings. The van der Waals surface area contributed by atoms with Crippen LogP contribution in [0.25, 0.3) is 0 Å². The zero-order valence-corrected chi connectivity index (χ0v) is 9.61. The molecule has 1 heterocycles. The number of nitrogens with one attached hydrogen (secondary N) is 1. The molecule has 0 radical (unpaired) electrons. The minimum Gasteiger partial charge on any atom is -0.352 e. The molecule has 0 bridgehead atoms. The molecular formula is C8H12IN3O. The van der Waals surface area contributed by atoms with Crippen molar-refractivity contribution in [3.63, 3.8) is 0 Å². The maximum Gasteiger partial charge on any atom is 0.254 e. The monoisotopic (exact) mass is 293 g/mol. The van der Waals surface area contributed by atoms with E-state index in [1.165, 1.54) is 0 Å². The summed E-state index contributed by atoms with van der Waals surface area (Å²) in [6, 6.07) is 0. The Hall–Kier alpha value is -0.590. The average Bonchev–Trinajstić information content (AvgIpc) is 2.52. The molecule has 0 aromatic carbocycles. The number of halogens is 1. The number of carbonyl (C=O) groups is 1. The molecule has 1 rings (SSSR count). The van der Waals surface area contributed by atoms with Crippen LogP contribution in [-0.2, 0) is 7.05 Å². The van der Waals surface area contributed by atoms with Gasteiger partial charge in [-0.05, 0) is 6.42 Å². The van der Waals surface area contributed by atoms with Crippen molar-refractivity contribution in [2.24, 2.45) is 7.05 Å². The van der Waals surface area contributed by atoms with Crippen LogP contribution >= 0.6 is 22.6 Å². The minimum atomic E-state index is -0.0436. The van der Waals surface area contributed by atoms with Gasteiger partial charge < -0.3 is 5.32 Å². The van der Waals surface area contributed by atoms with Gasteiger partial charge in [0.05, 0.1) is 11.8 Å². The van der Waals surface area contributed by atoms with E-state index in [0.717, 1.165) is 17.4 Å². The number of hydrogen-bond acceptors (Lipinski definition) is 2. The Morgan fingerprint density at radius 1 is 1.77 bits per heavy atom. The number of carbonyl (C=O) groups excluding carboxylic acids is 1. The summed E-state index contributed by atoms with van der Waals surface area (Å²) in [5, 5.41) is 6.74. The third-order valence-electron chi connectivity index (χ3n) is 1.56. The molecule has 1 N–H and O–H groups in total. The summed E-state index contributed by atoms with van der Waals surface area (Å²) in [5.74, 6) is -0.0436. The smallest absolute Gasteiger partial charge is 0.254 e. The van der Waals surface area contributed by atoms with E-state index in [9.17, 15) is 4.79 Å². The number of hydrogen-bond donors (Lipinski definition) is 1. The fourth-order valence-corrected chi connectivity index (χ4v) is 1.29. The lowest BCUT2D eigenvalue weighted by Gasteiger charge is -2.00. The van der Waals surface area contributed by atoms with Crippen LogP contribution in [0.4, 0.5) is 0 Å². The maximum absolute atomic E-state index is 11.4. The standard InChI is InChI=1S/C8H12IN3O/c1-12-6-7(5-11-12)8(13)10-4-2-3-9/h5-6H,2-4H2,1H3,(H,10,13). The highest BCUT2D eigenvalue weighted by molar-refractivity contribution is 14.1. The van der Waals surface area contributed by atoms with Crippen molar-refractivity contribution in [1.29, 1.82) is 0 Å². The molecule has 4 nitrogen and oxygen atoms in total. The van der Waals surface area contributed by atoms with Crippen molar-refractivity contribution < 1.29 is 4.79 Å². The van der Waals surface area contributed by atoms with Crippen LogP contribution in [0.5, 0.6) is 0 Å². The van der Waals surface area contributed by atoms with Gasteiger partial charge in [-0.3, -0.25) is 9.48 Å². The zero-order chi connectivity index (χ0) is 9.68. The van der Waals surface area contributed by atoms with Crippen LogP contribution in [0.1, 0.15) is 16.8 Å². The Labute approximate surface area is 90.8 Å². The van der Waals surface area contributed by atoms with Crippen molar-refractivity contribution >= 4 is 28.5 Å². The van der Waals surface area contributed by atoms with Crippen molar-refractivity contribution in [2.45, 2.75) is 6.42 Å². The first-order chi connectivity index (χ1) is 6.24. The van der Waals surface area contributed by atoms with Crippen LogP contribution in [0.2, 0.25) is 0 Å². The van der Waals surface area contributed by atoms with E-state index < -0.39 is 0 Å². The SMILES string of the molecule is Cn1cc(C(=O)NCCCI)cn1. The van der Waals surface area contributed by atoms with Crippen LogP contribution in [0, 0.1) is 0 Å². The minimum absolute atomic E-state index is 0.0436. The van der Waals surface area contributed by atoms with Crippen LogP contribution in [0.15, 0.2) is 12.4 Å². The largest absolute Gasteiger partial charge is 0.352 e. The van der Waals surface area contributed by atoms with Gasteiger partial charge in [0.25, 0.3) is 5.91 Å². The maximum atomic E-state index is 11.4. The molecule has 0 aliphatic heterocycles. The van der Waals surface area contributed by atoms with Gasteiger partial charge in [-0.15, -0.1) is 0 Å². The highest BCUT2D eigenvalue weighted by Crippen LogP contribution is 1.95. The average molecular weight is 293 g/mol. The summed E-state index contributed by atoms with van der Waals surface area (Å²) in [7, 11) is 1.79. The van der Waals surface area contributed by atoms with E-state index in [1.807, 2.05) is 0 Å². The quantitative estimate of drug-likeness (QED) is 0.511. The number of amides is 1. The molecule has 0 atom stereocenters. The van der Waals surface area contributed by atoms with E-state index >= 15 is 0 Å². The molecule has 0 fully saturated rings. The molecule has 1 amide bonds. The van der Waals surface area contributed by atoms with E-state index in [4.69, 9.17) is 0 Å². The summed E-state index contributed by atoms with van der Waals surface area (Å²) in [6.07, 6.45) is 4.28. The second-order valence-corrected chi connectivity index (χ2v) is 3.78. The molecule has 72 valence electrons. The normalized spacial score (nSPS) is 10.0. The summed E-state index contributed by atoms with van der Waals surface area (Å²) < 4.78 is 2.68. The van der Waals surface area contributed by atoms with Gasteiger partial charge in [0.2, 0.25) is 0 Å². The fourth-order valence-electron chi connectivity index (χ4n) is 0.909. The third-order valence-corrected chi connectivity index (χ3v) is 2.33. The number of rotatable bonds is 4. The van der Waals surface area contributed by atoms with Crippen molar-refractivity contribution in [3.05, 3.63) is 18.0 Å². The number of alkyl halides is 1. The van der Waals surface area contributed by atoms with E-state index in [0.29, 0.717) is 5.56 Å². The molecular weight excluding hydrogens is 281 g/mol. The first-order valence-corrected chi connectivity index (χ1v) is 5.59. The lowest BCUT2D eigenvalue weighted by Crippen LogP contribution is -2.24. The molecule has 13 heavy (non-hydrogen) atoms. The molecule has 0 saturated carbocycles. The fraction of sp³-hybridized carbons (Fsp3) is 0.500. The van der Waals surface area contributed by atoms with Gasteiger partial charge in [0.1, 0.15) is 0 Å². The molecule has 0 aliphatic carbocycles. The van der Waals surface area contributed by atoms with Gasteiger partial charge in [0.15, 0.2) is 0 Å². The Kier molecular flexibility index (Phi) is 4.20. The summed E-state index contributed by atoms with van der Waals surface area (Å²) >= 11 is 2.29. The summed E-state index contributed by atoms with van der Waals surface area (Å²) in [6.45, 7) is 0.733. The predicted octanol–water partition coefficient (Wildman–Crippen LogP) is 0.975. The molecule has 0 unspecified atom stereocenters. The second-order valence-electron chi connectivity index (χ2n) is 2.70. The topological polar surface area (TPSA) is 46.9 Å². The Morgan fingerprint density at radius 2 is 2.54 bits per heavy atom. The molecule has 0 aliphatic rings. The first kappa shape index (κ1) is 10.5. The second kappa shape index (κ2) is 5.21. The van der Waals surface area contributed by atoms with Crippen LogP contribution in [0.3, 0.4) is 0 Å². The van der Waals surface area contributed by atoms with E-state index in [-0.39, 0.29) is 5.91 Å². The highest BCUT2D eigenvalue weighted by Gasteiger charge is 2.05. The third kappa shape index (κ3) is 3.33. The lowest BCUT2D eigenvalue weighted by molar-refractivity contribution is 0.0954. The van der Waals surface area contributed by atoms with Gasteiger partial charge in [-0.25, -0.2) is 0 Å². The molecule has 0 saturated heterocycles. The number of aromatic nitrogens is 2. The molecule has 1 aromatic heterocycles. The molecule has 0 spiro atoms. The van der Waals surface area contributed by atoms with Gasteiger partial charge in [-0.2, -0.15) is 5.10 Å². The van der Waals surface area contributed by atoms with Gasteiger partial charge >= 0.3 is 0 Å². The lowest BCUT2D eigenvalue weighted by atomic mass is 10.3. The summed E-state index contributed by atoms with van der Waals surface area (Å²) in [5.41, 5.74) is 0.621. The number of nitrogens with zero attached hydrogens (tertiary/aromatic N) is 2. The Bertz CT molecular complexity index is 285. The van der Waals surface area contributed by atoms with Crippen molar-refractivity contribution in [1.82, 2.24) is 15.1 Å². The number of aryl methyl sites for hydroxylation is 1. The van der Waals surface area contributed by atoms with Crippen LogP contribution < -0.4 is 5.32 Å².